The van der Waals surface area contributed by atoms with Gasteiger partial charge in [-0.1, -0.05) is 12.1 Å². The van der Waals surface area contributed by atoms with Crippen molar-refractivity contribution in [2.45, 2.75) is 0 Å². The highest BCUT2D eigenvalue weighted by Crippen LogP contribution is 2.03. The molecular weight excluding hydrogens is 136 g/mol. The van der Waals surface area contributed by atoms with Gasteiger partial charge in [0.2, 0.25) is 0 Å². The number of benzene rings is 1. The molecule has 0 unspecified atom stereocenters. The molecule has 1 aromatic rings. The smallest absolute Gasteiger partial charge is 0.101 e. The van der Waals surface area contributed by atoms with Crippen molar-refractivity contribution < 1.29 is 0 Å². The molecule has 1 rings (SSSR count). The van der Waals surface area contributed by atoms with Crippen molar-refractivity contribution >= 4 is 0 Å². The van der Waals surface area contributed by atoms with E-state index in [1.54, 1.807) is 24.3 Å². The minimum absolute atomic E-state index is 0. The van der Waals surface area contributed by atoms with Crippen molar-refractivity contribution in [2.75, 3.05) is 0 Å². The highest BCUT2D eigenvalue weighted by molar-refractivity contribution is 5.44. The van der Waals surface area contributed by atoms with Crippen LogP contribution < -0.4 is 0 Å². The highest BCUT2D eigenvalue weighted by atomic mass is 14.3. The van der Waals surface area contributed by atoms with Gasteiger partial charge in [0, 0.05) is 7.43 Å². The number of hydrogen-bond acceptors (Lipinski definition) is 2. The lowest BCUT2D eigenvalue weighted by atomic mass is 10.1. The molecule has 0 saturated carbocycles. The van der Waals surface area contributed by atoms with Gasteiger partial charge in [-0.05, 0) is 12.1 Å². The Morgan fingerprint density at radius 2 is 1.27 bits per heavy atom. The van der Waals surface area contributed by atoms with Crippen LogP contribution in [0.25, 0.3) is 0 Å². The maximum Gasteiger partial charge on any atom is 0.101 e. The molecule has 2 heteroatoms. The summed E-state index contributed by atoms with van der Waals surface area (Å²) in [6, 6.07) is 10.6. The number of hydrogen-bond donors (Lipinski definition) is 0. The van der Waals surface area contributed by atoms with E-state index in [9.17, 15) is 0 Å². The van der Waals surface area contributed by atoms with Gasteiger partial charge in [0.15, 0.2) is 0 Å². The monoisotopic (exact) mass is 140 g/mol. The predicted octanol–water partition coefficient (Wildman–Crippen LogP) is 1.51. The van der Waals surface area contributed by atoms with E-state index < -0.39 is 0 Å². The SMILES string of the molecule is N#Cc1ccccc1C#N.[C]. The second kappa shape index (κ2) is 4.09. The van der Waals surface area contributed by atoms with Gasteiger partial charge >= 0.3 is 0 Å². The molecule has 0 aliphatic rings. The summed E-state index contributed by atoms with van der Waals surface area (Å²) in [6.45, 7) is 0. The molecule has 0 spiro atoms. The molecule has 0 fully saturated rings. The molecule has 0 atom stereocenters. The van der Waals surface area contributed by atoms with Gasteiger partial charge in [0.25, 0.3) is 0 Å². The highest BCUT2D eigenvalue weighted by Gasteiger charge is 1.95. The van der Waals surface area contributed by atoms with Crippen LogP contribution in [0.2, 0.25) is 0 Å². The first-order valence-electron chi connectivity index (χ1n) is 2.77. The molecule has 2 nitrogen and oxygen atoms in total. The van der Waals surface area contributed by atoms with E-state index in [4.69, 9.17) is 10.5 Å². The van der Waals surface area contributed by atoms with Gasteiger partial charge in [-0.25, -0.2) is 0 Å². The molecule has 0 saturated heterocycles. The van der Waals surface area contributed by atoms with Crippen LogP contribution in [0, 0.1) is 30.1 Å². The first-order chi connectivity index (χ1) is 4.88. The molecule has 11 heavy (non-hydrogen) atoms. The normalized spacial score (nSPS) is 7.09. The Morgan fingerprint density at radius 3 is 1.55 bits per heavy atom. The van der Waals surface area contributed by atoms with Gasteiger partial charge < -0.3 is 0 Å². The third kappa shape index (κ3) is 1.81. The van der Waals surface area contributed by atoms with Crippen LogP contribution in [0.1, 0.15) is 11.1 Å². The summed E-state index contributed by atoms with van der Waals surface area (Å²) in [5, 5.41) is 16.9. The summed E-state index contributed by atoms with van der Waals surface area (Å²) in [4.78, 5) is 0. The topological polar surface area (TPSA) is 47.6 Å². The van der Waals surface area contributed by atoms with Crippen molar-refractivity contribution in [3.8, 4) is 12.1 Å². The molecule has 1 aromatic carbocycles. The molecule has 0 aromatic heterocycles. The molecule has 0 aliphatic carbocycles. The summed E-state index contributed by atoms with van der Waals surface area (Å²) in [6.07, 6.45) is 0. The molecule has 0 heterocycles. The lowest BCUT2D eigenvalue weighted by Gasteiger charge is -1.88. The first kappa shape index (κ1) is 9.20. The second-order valence-corrected chi connectivity index (χ2v) is 1.77. The fourth-order valence-electron chi connectivity index (χ4n) is 0.678. The molecule has 4 radical (unpaired) electrons. The lowest BCUT2D eigenvalue weighted by Crippen LogP contribution is -1.79. The van der Waals surface area contributed by atoms with E-state index in [0.29, 0.717) is 11.1 Å². The van der Waals surface area contributed by atoms with Crippen LogP contribution in [0.4, 0.5) is 0 Å². The zero-order valence-electron chi connectivity index (χ0n) is 5.70. The molecule has 0 amide bonds. The fourth-order valence-corrected chi connectivity index (χ4v) is 0.678. The zero-order valence-corrected chi connectivity index (χ0v) is 5.70. The minimum atomic E-state index is 0. The molecule has 0 aliphatic heterocycles. The minimum Gasteiger partial charge on any atom is -0.192 e. The fraction of sp³-hybridized carbons (Fsp3) is 0. The molecule has 0 bridgehead atoms. The lowest BCUT2D eigenvalue weighted by molar-refractivity contribution is 1.43. The van der Waals surface area contributed by atoms with E-state index in [1.807, 2.05) is 12.1 Å². The predicted molar refractivity (Wildman–Crippen MR) is 39.1 cm³/mol. The third-order valence-electron chi connectivity index (χ3n) is 1.17. The van der Waals surface area contributed by atoms with E-state index in [-0.39, 0.29) is 7.43 Å². The zero-order chi connectivity index (χ0) is 7.40. The van der Waals surface area contributed by atoms with Crippen LogP contribution in [-0.2, 0) is 0 Å². The van der Waals surface area contributed by atoms with Crippen molar-refractivity contribution in [2.24, 2.45) is 0 Å². The molecule has 50 valence electrons. The largest absolute Gasteiger partial charge is 0.192 e. The van der Waals surface area contributed by atoms with Gasteiger partial charge in [0.1, 0.15) is 12.1 Å². The van der Waals surface area contributed by atoms with E-state index in [0.717, 1.165) is 0 Å². The maximum atomic E-state index is 8.45. The number of nitrogens with zero attached hydrogens (tertiary/aromatic N) is 2. The van der Waals surface area contributed by atoms with Crippen molar-refractivity contribution in [3.05, 3.63) is 42.8 Å². The van der Waals surface area contributed by atoms with Gasteiger partial charge in [-0.15, -0.1) is 0 Å². The van der Waals surface area contributed by atoms with Crippen LogP contribution in [0.5, 0.6) is 0 Å². The van der Waals surface area contributed by atoms with E-state index in [1.165, 1.54) is 0 Å². The standard InChI is InChI=1S/C8H4N2.C/c9-5-7-3-1-2-4-8(7)6-10;/h1-4H;. The van der Waals surface area contributed by atoms with Gasteiger partial charge in [-0.3, -0.25) is 0 Å². The maximum absolute atomic E-state index is 8.45. The number of rotatable bonds is 0. The van der Waals surface area contributed by atoms with Crippen LogP contribution >= 0.6 is 0 Å². The summed E-state index contributed by atoms with van der Waals surface area (Å²) >= 11 is 0. The van der Waals surface area contributed by atoms with Crippen LogP contribution in [0.15, 0.2) is 24.3 Å². The van der Waals surface area contributed by atoms with E-state index >= 15 is 0 Å². The summed E-state index contributed by atoms with van der Waals surface area (Å²) in [5.41, 5.74) is 0.870. The average molecular weight is 140 g/mol. The van der Waals surface area contributed by atoms with Gasteiger partial charge in [0.05, 0.1) is 11.1 Å². The molecule has 0 N–H and O–H groups in total. The second-order valence-electron chi connectivity index (χ2n) is 1.77. The van der Waals surface area contributed by atoms with Crippen molar-refractivity contribution in [1.82, 2.24) is 0 Å². The Labute approximate surface area is 66.3 Å². The molecular formula is C9H4N2. The summed E-state index contributed by atoms with van der Waals surface area (Å²) < 4.78 is 0. The Hall–Kier alpha value is -1.80. The number of nitriles is 2. The van der Waals surface area contributed by atoms with E-state index in [2.05, 4.69) is 0 Å². The third-order valence-corrected chi connectivity index (χ3v) is 1.17. The van der Waals surface area contributed by atoms with Crippen LogP contribution in [0.3, 0.4) is 0 Å². The summed E-state index contributed by atoms with van der Waals surface area (Å²) in [5.74, 6) is 0. The quantitative estimate of drug-likeness (QED) is 0.548. The Morgan fingerprint density at radius 1 is 0.909 bits per heavy atom. The van der Waals surface area contributed by atoms with Gasteiger partial charge in [-0.2, -0.15) is 10.5 Å². The Bertz CT molecular complexity index is 282. The Balaban J connectivity index is 0.000001000. The van der Waals surface area contributed by atoms with Crippen LogP contribution in [-0.4, -0.2) is 0 Å². The summed E-state index contributed by atoms with van der Waals surface area (Å²) in [7, 11) is 0. The van der Waals surface area contributed by atoms with Crippen molar-refractivity contribution in [3.63, 3.8) is 0 Å². The Kier molecular flexibility index (Phi) is 3.42. The first-order valence-corrected chi connectivity index (χ1v) is 2.77. The average Bonchev–Trinajstić information content (AvgIpc) is 2.04. The van der Waals surface area contributed by atoms with Crippen molar-refractivity contribution in [1.29, 1.82) is 10.5 Å².